The van der Waals surface area contributed by atoms with E-state index in [2.05, 4.69) is 27.7 Å². The van der Waals surface area contributed by atoms with Crippen LogP contribution in [0.25, 0.3) is 0 Å². The van der Waals surface area contributed by atoms with Crippen LogP contribution in [0.5, 0.6) is 0 Å². The van der Waals surface area contributed by atoms with Crippen LogP contribution in [-0.2, 0) is 65.4 Å². The smallest absolute Gasteiger partial charge is 0.462 e. The summed E-state index contributed by atoms with van der Waals surface area (Å²) < 4.78 is 68.1. The summed E-state index contributed by atoms with van der Waals surface area (Å²) in [4.78, 5) is 72.2. The molecule has 0 fully saturated rings. The molecule has 0 rings (SSSR count). The van der Waals surface area contributed by atoms with E-state index in [1.165, 1.54) is 186 Å². The number of aliphatic hydroxyl groups is 1. The second-order valence-electron chi connectivity index (χ2n) is 24.9. The fourth-order valence-corrected chi connectivity index (χ4v) is 12.1. The van der Waals surface area contributed by atoms with Gasteiger partial charge in [0, 0.05) is 25.7 Å². The van der Waals surface area contributed by atoms with E-state index in [1.54, 1.807) is 0 Å². The summed E-state index contributed by atoms with van der Waals surface area (Å²) in [5, 5.41) is 10.6. The summed E-state index contributed by atoms with van der Waals surface area (Å²) in [6.45, 7) is 4.86. The lowest BCUT2D eigenvalue weighted by atomic mass is 10.0. The van der Waals surface area contributed by atoms with Crippen LogP contribution in [0, 0.1) is 0 Å². The van der Waals surface area contributed by atoms with Gasteiger partial charge in [-0.1, -0.05) is 310 Å². The third kappa shape index (κ3) is 62.8. The normalized spacial score (nSPS) is 14.0. The molecule has 0 heterocycles. The number of esters is 4. The predicted molar refractivity (Wildman–Crippen MR) is 354 cm³/mol. The summed E-state index contributed by atoms with van der Waals surface area (Å²) in [5.74, 6) is -2.13. The van der Waals surface area contributed by atoms with E-state index in [1.807, 2.05) is 0 Å². The van der Waals surface area contributed by atoms with E-state index in [0.717, 1.165) is 96.3 Å². The van der Waals surface area contributed by atoms with Crippen molar-refractivity contribution in [3.05, 3.63) is 0 Å². The average Bonchev–Trinajstić information content (AvgIpc) is 3.72. The molecule has 0 saturated heterocycles. The van der Waals surface area contributed by atoms with Crippen LogP contribution >= 0.6 is 15.6 Å². The van der Waals surface area contributed by atoms with Gasteiger partial charge in [0.25, 0.3) is 0 Å². The lowest BCUT2D eigenvalue weighted by Gasteiger charge is -2.21. The molecule has 0 aliphatic rings. The third-order valence-corrected chi connectivity index (χ3v) is 18.0. The zero-order valence-corrected chi connectivity index (χ0v) is 58.5. The Morgan fingerprint density at radius 2 is 0.455 bits per heavy atom. The van der Waals surface area contributed by atoms with E-state index in [4.69, 9.17) is 37.0 Å². The number of hydrogen-bond donors (Lipinski definition) is 3. The van der Waals surface area contributed by atoms with E-state index in [-0.39, 0.29) is 25.7 Å². The van der Waals surface area contributed by atoms with E-state index in [9.17, 15) is 43.2 Å². The monoisotopic (exact) mass is 1300 g/mol. The van der Waals surface area contributed by atoms with Crippen molar-refractivity contribution >= 4 is 39.5 Å². The largest absolute Gasteiger partial charge is 0.472 e. The third-order valence-electron chi connectivity index (χ3n) is 16.1. The van der Waals surface area contributed by atoms with Crippen LogP contribution in [0.4, 0.5) is 0 Å². The highest BCUT2D eigenvalue weighted by molar-refractivity contribution is 7.47. The maximum Gasteiger partial charge on any atom is 0.472 e. The van der Waals surface area contributed by atoms with Gasteiger partial charge in [-0.25, -0.2) is 9.13 Å². The van der Waals surface area contributed by atoms with Crippen molar-refractivity contribution in [1.29, 1.82) is 0 Å². The number of carbonyl (C=O) groups excluding carboxylic acids is 4. The van der Waals surface area contributed by atoms with E-state index >= 15 is 0 Å². The van der Waals surface area contributed by atoms with Crippen molar-refractivity contribution in [2.24, 2.45) is 0 Å². The molecule has 0 aromatic rings. The molecule has 0 aromatic heterocycles. The quantitative estimate of drug-likeness (QED) is 0.0222. The Kier molecular flexibility index (Phi) is 62.4. The molecule has 0 aromatic carbocycles. The van der Waals surface area contributed by atoms with Crippen molar-refractivity contribution in [3.8, 4) is 0 Å². The molecule has 88 heavy (non-hydrogen) atoms. The fourth-order valence-electron chi connectivity index (χ4n) is 10.5. The van der Waals surface area contributed by atoms with Gasteiger partial charge in [0.1, 0.15) is 19.3 Å². The van der Waals surface area contributed by atoms with Crippen molar-refractivity contribution in [1.82, 2.24) is 0 Å². The van der Waals surface area contributed by atoms with Crippen LogP contribution in [0.2, 0.25) is 0 Å². The first kappa shape index (κ1) is 86.1. The number of unbranched alkanes of at least 4 members (excludes halogenated alkanes) is 44. The van der Waals surface area contributed by atoms with Gasteiger partial charge in [-0.15, -0.1) is 0 Å². The Hall–Kier alpha value is -1.94. The number of phosphoric ester groups is 2. The highest BCUT2D eigenvalue weighted by Crippen LogP contribution is 2.45. The zero-order valence-electron chi connectivity index (χ0n) is 56.7. The number of phosphoric acid groups is 2. The maximum absolute atomic E-state index is 13.0. The molecule has 3 N–H and O–H groups in total. The minimum atomic E-state index is -4.95. The summed E-state index contributed by atoms with van der Waals surface area (Å²) >= 11 is 0. The molecule has 0 saturated carbocycles. The second kappa shape index (κ2) is 63.8. The average molecular weight is 1300 g/mol. The van der Waals surface area contributed by atoms with Crippen molar-refractivity contribution < 1.29 is 80.2 Å². The van der Waals surface area contributed by atoms with E-state index in [0.29, 0.717) is 25.7 Å². The minimum absolute atomic E-state index is 0.107. The molecule has 17 nitrogen and oxygen atoms in total. The zero-order chi connectivity index (χ0) is 64.7. The van der Waals surface area contributed by atoms with Crippen LogP contribution in [-0.4, -0.2) is 96.7 Å². The topological polar surface area (TPSA) is 237 Å². The maximum atomic E-state index is 13.0. The number of ether oxygens (including phenoxy) is 4. The Labute approximate surface area is 537 Å². The summed E-state index contributed by atoms with van der Waals surface area (Å²) in [6, 6.07) is 0. The molecule has 0 bridgehead atoms. The van der Waals surface area contributed by atoms with E-state index < -0.39 is 97.5 Å². The molecule has 0 radical (unpaired) electrons. The molecule has 0 aliphatic heterocycles. The van der Waals surface area contributed by atoms with Crippen molar-refractivity contribution in [2.45, 2.75) is 380 Å². The highest BCUT2D eigenvalue weighted by atomic mass is 31.2. The first-order valence-electron chi connectivity index (χ1n) is 36.3. The highest BCUT2D eigenvalue weighted by Gasteiger charge is 2.30. The SMILES string of the molecule is CCCCCCCCCCCCCCCCCCC(=O)O[C@H](COC(=O)CCCCCCCCCCCCCCCCC)COP(=O)(O)OC[C@@H](O)COP(=O)(O)OC[C@@H](COC(=O)CCCCCCC)OC(=O)CCCCCCCCCCCCCC. The summed E-state index contributed by atoms with van der Waals surface area (Å²) in [7, 11) is -9.89. The first-order chi connectivity index (χ1) is 42.7. The molecular formula is C69H134O17P2. The molecule has 0 spiro atoms. The Morgan fingerprint density at radius 1 is 0.273 bits per heavy atom. The van der Waals surface area contributed by atoms with Crippen LogP contribution in [0.3, 0.4) is 0 Å². The van der Waals surface area contributed by atoms with Gasteiger partial charge < -0.3 is 33.8 Å². The van der Waals surface area contributed by atoms with Gasteiger partial charge in [-0.05, 0) is 25.7 Å². The number of aliphatic hydroxyl groups excluding tert-OH is 1. The van der Waals surface area contributed by atoms with Crippen molar-refractivity contribution in [2.75, 3.05) is 39.6 Å². The molecule has 5 atom stereocenters. The molecule has 0 aliphatic carbocycles. The number of hydrogen-bond acceptors (Lipinski definition) is 15. The molecule has 2 unspecified atom stereocenters. The number of carbonyl (C=O) groups is 4. The molecule has 522 valence electrons. The van der Waals surface area contributed by atoms with Gasteiger partial charge in [0.05, 0.1) is 26.4 Å². The Bertz CT molecular complexity index is 1690. The minimum Gasteiger partial charge on any atom is -0.462 e. The Morgan fingerprint density at radius 3 is 0.670 bits per heavy atom. The van der Waals surface area contributed by atoms with Crippen LogP contribution in [0.1, 0.15) is 362 Å². The molecule has 19 heteroatoms. The molecular weight excluding hydrogens is 1160 g/mol. The predicted octanol–water partition coefficient (Wildman–Crippen LogP) is 19.9. The van der Waals surface area contributed by atoms with Crippen LogP contribution < -0.4 is 0 Å². The van der Waals surface area contributed by atoms with Gasteiger partial charge in [-0.2, -0.15) is 0 Å². The van der Waals surface area contributed by atoms with Crippen LogP contribution in [0.15, 0.2) is 0 Å². The second-order valence-corrected chi connectivity index (χ2v) is 27.8. The van der Waals surface area contributed by atoms with Gasteiger partial charge >= 0.3 is 39.5 Å². The van der Waals surface area contributed by atoms with Crippen molar-refractivity contribution in [3.63, 3.8) is 0 Å². The Balaban J connectivity index is 5.16. The summed E-state index contributed by atoms with van der Waals surface area (Å²) in [6.07, 6.45) is 51.6. The fraction of sp³-hybridized carbons (Fsp3) is 0.942. The van der Waals surface area contributed by atoms with Gasteiger partial charge in [0.15, 0.2) is 12.2 Å². The van der Waals surface area contributed by atoms with Gasteiger partial charge in [0.2, 0.25) is 0 Å². The standard InChI is InChI=1S/C69H134O17P2/c1-5-9-13-17-20-23-26-29-31-33-35-38-41-44-48-52-56-69(74)86-65(60-80-67(72)54-50-46-42-39-37-34-32-30-27-24-21-18-14-10-6-2)62-84-88(77,78)82-58-63(70)57-81-87(75,76)83-61-64(59-79-66(71)53-49-45-16-12-8-4)85-68(73)55-51-47-43-40-36-28-25-22-19-15-11-7-3/h63-65,70H,5-62H2,1-4H3,(H,75,76)(H,77,78)/t63-,64+,65+/m0/s1. The molecule has 0 amide bonds. The van der Waals surface area contributed by atoms with Gasteiger partial charge in [-0.3, -0.25) is 37.3 Å². The lowest BCUT2D eigenvalue weighted by Crippen LogP contribution is -2.30. The first-order valence-corrected chi connectivity index (χ1v) is 39.3. The summed E-state index contributed by atoms with van der Waals surface area (Å²) in [5.41, 5.74) is 0. The number of rotatable bonds is 70. The lowest BCUT2D eigenvalue weighted by molar-refractivity contribution is -0.161.